The first-order chi connectivity index (χ1) is 18.6. The summed E-state index contributed by atoms with van der Waals surface area (Å²) >= 11 is 0. The van der Waals surface area contributed by atoms with Crippen LogP contribution in [0.1, 0.15) is 30.0 Å². The zero-order valence-corrected chi connectivity index (χ0v) is 20.4. The van der Waals surface area contributed by atoms with E-state index in [-0.39, 0.29) is 18.4 Å². The minimum Gasteiger partial charge on any atom is -0.428 e. The molecule has 0 spiro atoms. The Hall–Kier alpha value is -3.64. The van der Waals surface area contributed by atoms with Crippen molar-refractivity contribution in [2.45, 2.75) is 50.4 Å². The molecular formula is C27H21F10NO2. The molecule has 3 aromatic rings. The quantitative estimate of drug-likeness (QED) is 0.248. The fourth-order valence-corrected chi connectivity index (χ4v) is 4.70. The van der Waals surface area contributed by atoms with Crippen LogP contribution >= 0.6 is 0 Å². The monoisotopic (exact) mass is 581 g/mol. The lowest BCUT2D eigenvalue weighted by molar-refractivity contribution is -0.274. The maximum atomic E-state index is 13.5. The summed E-state index contributed by atoms with van der Waals surface area (Å²) in [5.41, 5.74) is 2.03. The molecule has 0 N–H and O–H groups in total. The average molecular weight is 581 g/mol. The van der Waals surface area contributed by atoms with Crippen LogP contribution in [0.3, 0.4) is 0 Å². The van der Waals surface area contributed by atoms with E-state index in [4.69, 9.17) is 0 Å². The highest BCUT2D eigenvalue weighted by Crippen LogP contribution is 2.44. The molecule has 0 saturated carbocycles. The highest BCUT2D eigenvalue weighted by molar-refractivity contribution is 5.76. The maximum absolute atomic E-state index is 13.5. The second kappa shape index (κ2) is 11.1. The van der Waals surface area contributed by atoms with Crippen LogP contribution in [-0.2, 0) is 6.42 Å². The first-order valence-corrected chi connectivity index (χ1v) is 11.9. The van der Waals surface area contributed by atoms with Crippen LogP contribution in [0.25, 0.3) is 11.1 Å². The van der Waals surface area contributed by atoms with Gasteiger partial charge in [-0.05, 0) is 65.4 Å². The fraction of sp³-hybridized carbons (Fsp3) is 0.333. The molecule has 3 aromatic carbocycles. The Labute approximate surface area is 221 Å². The summed E-state index contributed by atoms with van der Waals surface area (Å²) < 4.78 is 138. The molecule has 1 atom stereocenters. The Bertz CT molecular complexity index is 1320. The average Bonchev–Trinajstić information content (AvgIpc) is 2.85. The second-order valence-electron chi connectivity index (χ2n) is 9.03. The number of nitrogens with zero attached hydrogens (tertiary/aromatic N) is 1. The van der Waals surface area contributed by atoms with Crippen molar-refractivity contribution >= 4 is 5.69 Å². The van der Waals surface area contributed by atoms with E-state index in [2.05, 4.69) is 9.47 Å². The molecule has 1 aliphatic heterocycles. The maximum Gasteiger partial charge on any atom is 0.573 e. The molecule has 0 fully saturated rings. The van der Waals surface area contributed by atoms with Gasteiger partial charge in [0.2, 0.25) is 0 Å². The molecule has 0 aromatic heterocycles. The van der Waals surface area contributed by atoms with E-state index >= 15 is 0 Å². The topological polar surface area (TPSA) is 21.7 Å². The molecule has 0 aliphatic carbocycles. The van der Waals surface area contributed by atoms with Crippen molar-refractivity contribution < 1.29 is 53.4 Å². The zero-order chi connectivity index (χ0) is 29.3. The first kappa shape index (κ1) is 29.3. The summed E-state index contributed by atoms with van der Waals surface area (Å²) in [7, 11) is 0. The lowest BCUT2D eigenvalue weighted by atomic mass is 9.86. The molecule has 4 rings (SSSR count). The standard InChI is InChI=1S/C27H21F10NO2/c28-24(29)26(33,34)39-18-6-2-5-17(15-18)22-11-10-21-20(16-4-1-7-19(14-16)40-27(35,36)37)8-3-9-23(21)38(22)13-12-25(30,31)32/h1-9,14-15,22,24H,10-13H2/t22-/m1/s1. The predicted molar refractivity (Wildman–Crippen MR) is 126 cm³/mol. The van der Waals surface area contributed by atoms with E-state index in [1.807, 2.05) is 0 Å². The molecule has 1 heterocycles. The molecule has 40 heavy (non-hydrogen) atoms. The molecule has 3 nitrogen and oxygen atoms in total. The normalized spacial score (nSPS) is 16.2. The van der Waals surface area contributed by atoms with Crippen LogP contribution in [0.15, 0.2) is 66.7 Å². The van der Waals surface area contributed by atoms with Crippen LogP contribution in [0.4, 0.5) is 49.6 Å². The van der Waals surface area contributed by atoms with Gasteiger partial charge in [-0.3, -0.25) is 0 Å². The Morgan fingerprint density at radius 3 is 2.10 bits per heavy atom. The zero-order valence-electron chi connectivity index (χ0n) is 20.4. The van der Waals surface area contributed by atoms with Crippen molar-refractivity contribution in [2.24, 2.45) is 0 Å². The number of ether oxygens (including phenoxy) is 2. The van der Waals surface area contributed by atoms with Crippen LogP contribution in [-0.4, -0.2) is 31.6 Å². The van der Waals surface area contributed by atoms with Crippen LogP contribution in [0.5, 0.6) is 11.5 Å². The largest absolute Gasteiger partial charge is 0.573 e. The van der Waals surface area contributed by atoms with E-state index in [9.17, 15) is 43.9 Å². The highest BCUT2D eigenvalue weighted by atomic mass is 19.4. The Balaban J connectivity index is 1.73. The SMILES string of the molecule is FC(F)C(F)(F)Oc1cccc([C@H]2CCc3c(-c4cccc(OC(F)(F)F)c4)cccc3N2CCC(F)(F)F)c1. The van der Waals surface area contributed by atoms with Crippen LogP contribution < -0.4 is 14.4 Å². The van der Waals surface area contributed by atoms with Gasteiger partial charge < -0.3 is 14.4 Å². The molecule has 216 valence electrons. The molecule has 0 amide bonds. The number of anilines is 1. The molecule has 1 aliphatic rings. The molecule has 13 heteroatoms. The smallest absolute Gasteiger partial charge is 0.428 e. The van der Waals surface area contributed by atoms with Crippen LogP contribution in [0, 0.1) is 0 Å². The Morgan fingerprint density at radius 2 is 1.45 bits per heavy atom. The van der Waals surface area contributed by atoms with Gasteiger partial charge in [-0.2, -0.15) is 30.7 Å². The van der Waals surface area contributed by atoms with Crippen molar-refractivity contribution in [1.29, 1.82) is 0 Å². The second-order valence-corrected chi connectivity index (χ2v) is 9.03. The Morgan fingerprint density at radius 1 is 0.800 bits per heavy atom. The van der Waals surface area contributed by atoms with E-state index in [0.717, 1.165) is 18.2 Å². The summed E-state index contributed by atoms with van der Waals surface area (Å²) in [6.45, 7) is -0.528. The third kappa shape index (κ3) is 7.11. The summed E-state index contributed by atoms with van der Waals surface area (Å²) in [5, 5.41) is 0. The van der Waals surface area contributed by atoms with Crippen molar-refractivity contribution in [3.8, 4) is 22.6 Å². The number of fused-ring (bicyclic) bond motifs is 1. The van der Waals surface area contributed by atoms with Crippen LogP contribution in [0.2, 0.25) is 0 Å². The number of halogens is 10. The van der Waals surface area contributed by atoms with E-state index in [0.29, 0.717) is 22.4 Å². The summed E-state index contributed by atoms with van der Waals surface area (Å²) in [6.07, 6.45) is -19.1. The van der Waals surface area contributed by atoms with Gasteiger partial charge in [0.25, 0.3) is 0 Å². The number of hydrogen-bond acceptors (Lipinski definition) is 3. The third-order valence-corrected chi connectivity index (χ3v) is 6.27. The third-order valence-electron chi connectivity index (χ3n) is 6.27. The minimum absolute atomic E-state index is 0.190. The molecule has 0 unspecified atom stereocenters. The van der Waals surface area contributed by atoms with Gasteiger partial charge in [0.05, 0.1) is 12.5 Å². The van der Waals surface area contributed by atoms with Crippen molar-refractivity contribution in [1.82, 2.24) is 0 Å². The van der Waals surface area contributed by atoms with Crippen molar-refractivity contribution in [2.75, 3.05) is 11.4 Å². The van der Waals surface area contributed by atoms with Gasteiger partial charge in [-0.15, -0.1) is 13.2 Å². The van der Waals surface area contributed by atoms with Gasteiger partial charge in [0.1, 0.15) is 11.5 Å². The molecule has 0 radical (unpaired) electrons. The summed E-state index contributed by atoms with van der Waals surface area (Å²) in [5.74, 6) is -1.05. The lowest BCUT2D eigenvalue weighted by Gasteiger charge is -2.40. The van der Waals surface area contributed by atoms with Crippen molar-refractivity contribution in [3.05, 3.63) is 77.9 Å². The Kier molecular flexibility index (Phi) is 8.13. The van der Waals surface area contributed by atoms with E-state index < -0.39 is 55.6 Å². The van der Waals surface area contributed by atoms with Gasteiger partial charge in [0, 0.05) is 12.2 Å². The van der Waals surface area contributed by atoms with E-state index in [1.54, 1.807) is 12.1 Å². The number of alkyl halides is 10. The summed E-state index contributed by atoms with van der Waals surface area (Å²) in [4.78, 5) is 1.43. The van der Waals surface area contributed by atoms with Gasteiger partial charge in [-0.25, -0.2) is 0 Å². The van der Waals surface area contributed by atoms with Crippen molar-refractivity contribution in [3.63, 3.8) is 0 Å². The lowest BCUT2D eigenvalue weighted by Crippen LogP contribution is -2.36. The highest BCUT2D eigenvalue weighted by Gasteiger charge is 2.44. The van der Waals surface area contributed by atoms with Gasteiger partial charge >= 0.3 is 25.1 Å². The minimum atomic E-state index is -4.92. The fourth-order valence-electron chi connectivity index (χ4n) is 4.70. The number of benzene rings is 3. The van der Waals surface area contributed by atoms with Gasteiger partial charge in [0.15, 0.2) is 0 Å². The van der Waals surface area contributed by atoms with E-state index in [1.165, 1.54) is 41.3 Å². The number of rotatable bonds is 8. The summed E-state index contributed by atoms with van der Waals surface area (Å²) in [6, 6.07) is 14.0. The predicted octanol–water partition coefficient (Wildman–Crippen LogP) is 8.94. The molecule has 0 saturated heterocycles. The molecular weight excluding hydrogens is 560 g/mol. The first-order valence-electron chi connectivity index (χ1n) is 11.9. The number of hydrogen-bond donors (Lipinski definition) is 0. The van der Waals surface area contributed by atoms with Gasteiger partial charge in [-0.1, -0.05) is 36.4 Å². The molecule has 0 bridgehead atoms.